The van der Waals surface area contributed by atoms with Gasteiger partial charge in [0.05, 0.1) is 50.9 Å². The molecule has 0 radical (unpaired) electrons. The zero-order valence-corrected chi connectivity index (χ0v) is 30.9. The summed E-state index contributed by atoms with van der Waals surface area (Å²) in [5.41, 5.74) is 2.90. The van der Waals surface area contributed by atoms with Gasteiger partial charge in [0, 0.05) is 42.3 Å². The maximum absolute atomic E-state index is 10.7. The predicted octanol–water partition coefficient (Wildman–Crippen LogP) is 11.0. The van der Waals surface area contributed by atoms with E-state index in [1.807, 2.05) is 91.4 Å². The molecule has 0 saturated heterocycles. The van der Waals surface area contributed by atoms with Crippen LogP contribution in [0.5, 0.6) is 17.2 Å². The zero-order chi connectivity index (χ0) is 37.0. The van der Waals surface area contributed by atoms with Crippen molar-refractivity contribution in [2.75, 3.05) is 26.7 Å². The number of nitriles is 1. The molecule has 3 aromatic rings. The first-order chi connectivity index (χ1) is 23.0. The number of para-hydroxylation sites is 3. The molecule has 1 aliphatic carbocycles. The average molecular weight is 818 g/mol. The first-order valence-electron chi connectivity index (χ1n) is 14.5. The van der Waals surface area contributed by atoms with Gasteiger partial charge in [-0.25, -0.2) is 0 Å². The third-order valence-electron chi connectivity index (χ3n) is 6.32. The van der Waals surface area contributed by atoms with Crippen LogP contribution >= 0.6 is 31.0 Å². The maximum Gasteiger partial charge on any atom is 1.00 e. The Labute approximate surface area is 309 Å². The normalized spacial score (nSPS) is 18.3. The molecule has 1 aliphatic rings. The number of rotatable bonds is 9. The summed E-state index contributed by atoms with van der Waals surface area (Å²) in [6, 6.07) is 25.8. The molecule has 3 aromatic carbocycles. The van der Waals surface area contributed by atoms with Crippen LogP contribution in [0.15, 0.2) is 87.8 Å². The molecule has 7 nitrogen and oxygen atoms in total. The molecule has 280 valence electrons. The fraction of sp³-hybridized carbons (Fsp3) is 0.333. The molecule has 0 amide bonds. The Kier molecular flexibility index (Phi) is 20.3. The van der Waals surface area contributed by atoms with Crippen LogP contribution in [-0.2, 0) is 17.1 Å². The van der Waals surface area contributed by atoms with E-state index in [4.69, 9.17) is 57.7 Å². The largest absolute Gasteiger partial charge is 1.00 e. The molecular weight excluding hydrogens is 780 g/mol. The van der Waals surface area contributed by atoms with Gasteiger partial charge < -0.3 is 14.2 Å². The van der Waals surface area contributed by atoms with E-state index in [1.165, 1.54) is 6.92 Å². The van der Waals surface area contributed by atoms with Crippen molar-refractivity contribution in [2.24, 2.45) is 15.0 Å². The predicted molar refractivity (Wildman–Crippen MR) is 188 cm³/mol. The molecule has 0 atom stereocenters. The number of nitrogens with zero attached hydrogens (tertiary/aromatic N) is 4. The summed E-state index contributed by atoms with van der Waals surface area (Å²) in [5.74, 6) is 2.44. The van der Waals surface area contributed by atoms with Crippen molar-refractivity contribution in [3.63, 3.8) is 0 Å². The quantitative estimate of drug-likeness (QED) is 0.0707. The number of ether oxygens (including phenoxy) is 3. The van der Waals surface area contributed by atoms with Crippen LogP contribution in [-0.4, -0.2) is 63.4 Å². The van der Waals surface area contributed by atoms with Gasteiger partial charge in [-0.3, -0.25) is 15.0 Å². The maximum atomic E-state index is 9.87. The first kappa shape index (κ1) is 46.7. The molecule has 0 bridgehead atoms. The number of alkyl halides is 2. The Morgan fingerprint density at radius 1 is 0.640 bits per heavy atom. The molecule has 17 heteroatoms. The van der Waals surface area contributed by atoms with E-state index in [9.17, 15) is 25.2 Å². The molecule has 0 aromatic heterocycles. The fourth-order valence-corrected chi connectivity index (χ4v) is 4.47. The van der Waals surface area contributed by atoms with Gasteiger partial charge in [-0.05, 0) is 55.7 Å². The van der Waals surface area contributed by atoms with Crippen LogP contribution in [0.3, 0.4) is 0 Å². The van der Waals surface area contributed by atoms with Crippen LogP contribution in [0.1, 0.15) is 42.9 Å². The number of benzene rings is 3. The molecular formula is C33H38Cl2CuF6N4O3P. The van der Waals surface area contributed by atoms with Crippen LogP contribution in [0.2, 0.25) is 0 Å². The summed E-state index contributed by atoms with van der Waals surface area (Å²) in [5, 5.41) is 7.51. The Hall–Kier alpha value is -3.33. The van der Waals surface area contributed by atoms with E-state index in [2.05, 4.69) is 0 Å². The summed E-state index contributed by atoms with van der Waals surface area (Å²) in [4.78, 5) is 14.8. The molecule has 1 fully saturated rings. The minimum atomic E-state index is -10.7. The third-order valence-corrected chi connectivity index (χ3v) is 6.32. The Balaban J connectivity index is 0.00000148. The smallest absolute Gasteiger partial charge is 1.00 e. The van der Waals surface area contributed by atoms with Crippen molar-refractivity contribution in [3.8, 4) is 23.3 Å². The van der Waals surface area contributed by atoms with E-state index in [0.29, 0.717) is 0 Å². The number of methoxy groups -OCH3 is 3. The second kappa shape index (κ2) is 21.8. The standard InChI is InChI=1S/C30H33N3O3.C2H3N.CH2Cl2.Cu.F6P/c1-34-28-13-7-4-10-22(28)19-31-25-16-26(32-20-23-11-5-8-14-29(23)35-2)18-27(17-25)33-21-24-12-6-9-15-30(24)36-3;1-2-3;2-1-3;;1-7(2,3,4,5)6/h4-15,19-21,25-27H,16-18H2,1-3H3;1H3;1H2;;/q;;;+1;-1. The van der Waals surface area contributed by atoms with Gasteiger partial charge in [-0.1, -0.05) is 36.4 Å². The van der Waals surface area contributed by atoms with E-state index < -0.39 is 7.81 Å². The molecule has 50 heavy (non-hydrogen) atoms. The van der Waals surface area contributed by atoms with Crippen molar-refractivity contribution in [1.29, 1.82) is 5.26 Å². The fourth-order valence-electron chi connectivity index (χ4n) is 4.47. The van der Waals surface area contributed by atoms with Crippen LogP contribution in [0, 0.1) is 11.3 Å². The van der Waals surface area contributed by atoms with Gasteiger partial charge in [0.25, 0.3) is 0 Å². The van der Waals surface area contributed by atoms with Crippen molar-refractivity contribution < 1.29 is 56.5 Å². The van der Waals surface area contributed by atoms with Crippen molar-refractivity contribution in [2.45, 2.75) is 44.3 Å². The molecule has 0 unspecified atom stereocenters. The third kappa shape index (κ3) is 21.7. The summed E-state index contributed by atoms with van der Waals surface area (Å²) in [6.07, 6.45) is 8.32. The van der Waals surface area contributed by atoms with Gasteiger partial charge >= 0.3 is 50.1 Å². The Morgan fingerprint density at radius 3 is 1.04 bits per heavy atom. The number of halogens is 8. The van der Waals surface area contributed by atoms with E-state index in [-0.39, 0.29) is 40.5 Å². The minimum absolute atomic E-state index is 0. The van der Waals surface area contributed by atoms with Gasteiger partial charge in [0.2, 0.25) is 0 Å². The van der Waals surface area contributed by atoms with E-state index in [0.717, 1.165) is 53.2 Å². The van der Waals surface area contributed by atoms with E-state index >= 15 is 0 Å². The summed E-state index contributed by atoms with van der Waals surface area (Å²) in [6.45, 7) is 1.43. The molecule has 0 spiro atoms. The first-order valence-corrected chi connectivity index (χ1v) is 17.6. The molecule has 0 N–H and O–H groups in total. The van der Waals surface area contributed by atoms with Crippen molar-refractivity contribution in [1.82, 2.24) is 0 Å². The van der Waals surface area contributed by atoms with Crippen molar-refractivity contribution >= 4 is 49.7 Å². The second-order valence-electron chi connectivity index (χ2n) is 10.0. The van der Waals surface area contributed by atoms with Crippen molar-refractivity contribution in [3.05, 3.63) is 89.5 Å². The molecule has 0 heterocycles. The SMILES string of the molecule is CC#N.COc1ccccc1C=NC1CC(N=Cc2ccccc2OC)CC(N=Cc2ccccc2OC)C1.ClCCl.F[P-](F)(F)(F)(F)F.[Cu+]. The number of hydrogen-bond acceptors (Lipinski definition) is 7. The van der Waals surface area contributed by atoms with E-state index in [1.54, 1.807) is 27.4 Å². The monoisotopic (exact) mass is 816 g/mol. The second-order valence-corrected chi connectivity index (χ2v) is 12.7. The zero-order valence-electron chi connectivity index (χ0n) is 27.5. The van der Waals surface area contributed by atoms with Gasteiger partial charge in [-0.2, -0.15) is 5.26 Å². The number of aliphatic imine (C=N–C) groups is 3. The van der Waals surface area contributed by atoms with Gasteiger partial charge in [0.1, 0.15) is 17.2 Å². The summed E-state index contributed by atoms with van der Waals surface area (Å²) < 4.78 is 75.6. The molecule has 4 rings (SSSR count). The Bertz CT molecular complexity index is 1410. The van der Waals surface area contributed by atoms with Crippen LogP contribution in [0.4, 0.5) is 25.2 Å². The molecule has 1 saturated carbocycles. The van der Waals surface area contributed by atoms with Crippen LogP contribution < -0.4 is 14.2 Å². The Morgan fingerprint density at radius 2 is 0.840 bits per heavy atom. The average Bonchev–Trinajstić information content (AvgIpc) is 3.05. The summed E-state index contributed by atoms with van der Waals surface area (Å²) >= 11 is 9.53. The topological polar surface area (TPSA) is 88.6 Å². The van der Waals surface area contributed by atoms with Gasteiger partial charge in [-0.15, -0.1) is 23.2 Å². The van der Waals surface area contributed by atoms with Gasteiger partial charge in [0.15, 0.2) is 0 Å². The molecule has 0 aliphatic heterocycles. The summed E-state index contributed by atoms with van der Waals surface area (Å²) in [7, 11) is -5.62. The number of hydrogen-bond donors (Lipinski definition) is 0. The minimum Gasteiger partial charge on any atom is 1.00 e. The van der Waals surface area contributed by atoms with Crippen LogP contribution in [0.25, 0.3) is 0 Å².